The zero-order chi connectivity index (χ0) is 10.4. The van der Waals surface area contributed by atoms with Crippen molar-refractivity contribution < 1.29 is 14.3 Å². The molecule has 0 saturated carbocycles. The molecule has 0 N–H and O–H groups in total. The summed E-state index contributed by atoms with van der Waals surface area (Å²) in [4.78, 5) is 4.59. The molecule has 0 aliphatic heterocycles. The first-order valence-corrected chi connectivity index (χ1v) is 4.10. The molecule has 76 valence electrons. The van der Waals surface area contributed by atoms with Crippen LogP contribution in [0.4, 0.5) is 0 Å². The highest BCUT2D eigenvalue weighted by Gasteiger charge is 2.02. The Hall–Kier alpha value is -1.71. The van der Waals surface area contributed by atoms with Crippen LogP contribution in [-0.4, -0.2) is 27.5 Å². The van der Waals surface area contributed by atoms with Crippen molar-refractivity contribution in [2.75, 3.05) is 21.3 Å². The first kappa shape index (κ1) is 10.4. The predicted octanol–water partition coefficient (Wildman–Crippen LogP) is 1.68. The van der Waals surface area contributed by atoms with Crippen LogP contribution in [0, 0.1) is 0 Å². The Labute approximate surface area is 83.1 Å². The maximum atomic E-state index is 5.14. The molecule has 4 nitrogen and oxygen atoms in total. The molecule has 4 heteroatoms. The third-order valence-electron chi connectivity index (χ3n) is 1.73. The number of ether oxygens (including phenoxy) is 2. The fourth-order valence-corrected chi connectivity index (χ4v) is 1.05. The van der Waals surface area contributed by atoms with Crippen LogP contribution in [-0.2, 0) is 4.84 Å². The van der Waals surface area contributed by atoms with Gasteiger partial charge >= 0.3 is 0 Å². The van der Waals surface area contributed by atoms with E-state index in [0.717, 1.165) is 17.1 Å². The monoisotopic (exact) mass is 195 g/mol. The van der Waals surface area contributed by atoms with E-state index in [1.54, 1.807) is 20.4 Å². The van der Waals surface area contributed by atoms with Crippen LogP contribution in [0.25, 0.3) is 0 Å². The van der Waals surface area contributed by atoms with Gasteiger partial charge in [-0.25, -0.2) is 0 Å². The van der Waals surface area contributed by atoms with Crippen molar-refractivity contribution in [2.45, 2.75) is 0 Å². The Morgan fingerprint density at radius 1 is 1.14 bits per heavy atom. The van der Waals surface area contributed by atoms with Gasteiger partial charge in [0.25, 0.3) is 0 Å². The molecule has 14 heavy (non-hydrogen) atoms. The lowest BCUT2D eigenvalue weighted by Gasteiger charge is -2.06. The molecule has 0 aliphatic rings. The summed E-state index contributed by atoms with van der Waals surface area (Å²) in [5, 5.41) is 3.67. The van der Waals surface area contributed by atoms with Crippen LogP contribution in [0.3, 0.4) is 0 Å². The summed E-state index contributed by atoms with van der Waals surface area (Å²) in [7, 11) is 4.70. The summed E-state index contributed by atoms with van der Waals surface area (Å²) in [6.45, 7) is 0. The van der Waals surface area contributed by atoms with E-state index in [2.05, 4.69) is 9.99 Å². The van der Waals surface area contributed by atoms with E-state index in [9.17, 15) is 0 Å². The molecule has 0 bridgehead atoms. The van der Waals surface area contributed by atoms with Gasteiger partial charge in [0.1, 0.15) is 18.6 Å². The van der Waals surface area contributed by atoms with Gasteiger partial charge in [0.2, 0.25) is 0 Å². The van der Waals surface area contributed by atoms with E-state index in [1.165, 1.54) is 7.11 Å². The Balaban J connectivity index is 3.02. The van der Waals surface area contributed by atoms with Gasteiger partial charge in [-0.05, 0) is 18.2 Å². The number of hydrogen-bond acceptors (Lipinski definition) is 4. The van der Waals surface area contributed by atoms with Crippen molar-refractivity contribution in [2.24, 2.45) is 5.16 Å². The van der Waals surface area contributed by atoms with Crippen molar-refractivity contribution in [3.63, 3.8) is 0 Å². The standard InChI is InChI=1S/C10H13NO3/c1-12-9-4-5-10(13-2)8(6-9)7-11-14-3/h4-7H,1-3H3. The Bertz CT molecular complexity index is 323. The molecular weight excluding hydrogens is 182 g/mol. The minimum absolute atomic E-state index is 0.728. The molecule has 0 atom stereocenters. The molecule has 1 aromatic carbocycles. The summed E-state index contributed by atoms with van der Waals surface area (Å²) >= 11 is 0. The smallest absolute Gasteiger partial charge is 0.128 e. The molecule has 1 rings (SSSR count). The third kappa shape index (κ3) is 2.39. The number of oxime groups is 1. The first-order valence-electron chi connectivity index (χ1n) is 4.10. The number of methoxy groups -OCH3 is 2. The third-order valence-corrected chi connectivity index (χ3v) is 1.73. The van der Waals surface area contributed by atoms with Gasteiger partial charge in [0.05, 0.1) is 20.4 Å². The van der Waals surface area contributed by atoms with Crippen LogP contribution in [0.15, 0.2) is 23.4 Å². The maximum absolute atomic E-state index is 5.14. The van der Waals surface area contributed by atoms with Crippen molar-refractivity contribution >= 4 is 6.21 Å². The van der Waals surface area contributed by atoms with E-state index in [-0.39, 0.29) is 0 Å². The summed E-state index contributed by atoms with van der Waals surface area (Å²) in [5.74, 6) is 1.48. The Kier molecular flexibility index (Phi) is 3.79. The number of benzene rings is 1. The van der Waals surface area contributed by atoms with E-state index >= 15 is 0 Å². The summed E-state index contributed by atoms with van der Waals surface area (Å²) in [6, 6.07) is 5.46. The summed E-state index contributed by atoms with van der Waals surface area (Å²) in [6.07, 6.45) is 1.57. The molecule has 0 heterocycles. The van der Waals surface area contributed by atoms with E-state index in [1.807, 2.05) is 18.2 Å². The van der Waals surface area contributed by atoms with Gasteiger partial charge in [-0.2, -0.15) is 0 Å². The number of nitrogens with zero attached hydrogens (tertiary/aromatic N) is 1. The average Bonchev–Trinajstić information content (AvgIpc) is 2.25. The highest BCUT2D eigenvalue weighted by atomic mass is 16.6. The van der Waals surface area contributed by atoms with E-state index in [0.29, 0.717) is 0 Å². The number of rotatable bonds is 4. The summed E-state index contributed by atoms with van der Waals surface area (Å²) < 4.78 is 10.2. The van der Waals surface area contributed by atoms with Gasteiger partial charge in [-0.3, -0.25) is 0 Å². The van der Waals surface area contributed by atoms with Crippen LogP contribution in [0.5, 0.6) is 11.5 Å². The largest absolute Gasteiger partial charge is 0.497 e. The van der Waals surface area contributed by atoms with Crippen LogP contribution >= 0.6 is 0 Å². The second kappa shape index (κ2) is 5.11. The van der Waals surface area contributed by atoms with Crippen LogP contribution in [0.2, 0.25) is 0 Å². The minimum atomic E-state index is 0.728. The maximum Gasteiger partial charge on any atom is 0.128 e. The van der Waals surface area contributed by atoms with Gasteiger partial charge < -0.3 is 14.3 Å². The molecule has 0 spiro atoms. The summed E-state index contributed by atoms with van der Waals surface area (Å²) in [5.41, 5.74) is 0.814. The zero-order valence-corrected chi connectivity index (χ0v) is 8.48. The minimum Gasteiger partial charge on any atom is -0.497 e. The van der Waals surface area contributed by atoms with Crippen LogP contribution in [0.1, 0.15) is 5.56 Å². The molecule has 0 radical (unpaired) electrons. The highest BCUT2D eigenvalue weighted by Crippen LogP contribution is 2.22. The first-order chi connectivity index (χ1) is 6.81. The highest BCUT2D eigenvalue weighted by molar-refractivity contribution is 5.83. The SMILES string of the molecule is CON=Cc1cc(OC)ccc1OC. The van der Waals surface area contributed by atoms with Crippen molar-refractivity contribution in [3.05, 3.63) is 23.8 Å². The van der Waals surface area contributed by atoms with Crippen molar-refractivity contribution in [1.82, 2.24) is 0 Å². The lowest BCUT2D eigenvalue weighted by Crippen LogP contribution is -1.92. The fraction of sp³-hybridized carbons (Fsp3) is 0.300. The molecule has 1 aromatic rings. The van der Waals surface area contributed by atoms with Gasteiger partial charge in [0.15, 0.2) is 0 Å². The second-order valence-electron chi connectivity index (χ2n) is 2.52. The average molecular weight is 195 g/mol. The van der Waals surface area contributed by atoms with Gasteiger partial charge in [0, 0.05) is 5.56 Å². The van der Waals surface area contributed by atoms with Gasteiger partial charge in [-0.15, -0.1) is 0 Å². The number of hydrogen-bond donors (Lipinski definition) is 0. The Morgan fingerprint density at radius 2 is 1.93 bits per heavy atom. The predicted molar refractivity (Wildman–Crippen MR) is 54.1 cm³/mol. The van der Waals surface area contributed by atoms with Crippen molar-refractivity contribution in [1.29, 1.82) is 0 Å². The molecule has 0 aliphatic carbocycles. The van der Waals surface area contributed by atoms with Gasteiger partial charge in [-0.1, -0.05) is 5.16 Å². The Morgan fingerprint density at radius 3 is 2.50 bits per heavy atom. The topological polar surface area (TPSA) is 40.0 Å². The molecular formula is C10H13NO3. The van der Waals surface area contributed by atoms with E-state index < -0.39 is 0 Å². The van der Waals surface area contributed by atoms with Crippen molar-refractivity contribution in [3.8, 4) is 11.5 Å². The molecule has 0 aromatic heterocycles. The zero-order valence-electron chi connectivity index (χ0n) is 8.48. The molecule has 0 amide bonds. The molecule has 0 unspecified atom stereocenters. The second-order valence-corrected chi connectivity index (χ2v) is 2.52. The van der Waals surface area contributed by atoms with Crippen LogP contribution < -0.4 is 9.47 Å². The lowest BCUT2D eigenvalue weighted by atomic mass is 10.2. The fourth-order valence-electron chi connectivity index (χ4n) is 1.05. The lowest BCUT2D eigenvalue weighted by molar-refractivity contribution is 0.215. The quantitative estimate of drug-likeness (QED) is 0.542. The molecule has 0 saturated heterocycles. The van der Waals surface area contributed by atoms with E-state index in [4.69, 9.17) is 9.47 Å². The molecule has 0 fully saturated rings. The normalized spacial score (nSPS) is 10.2.